The molecule has 0 radical (unpaired) electrons. The lowest BCUT2D eigenvalue weighted by atomic mass is 10.2. The highest BCUT2D eigenvalue weighted by Gasteiger charge is 2.19. The third-order valence-electron chi connectivity index (χ3n) is 2.93. The summed E-state index contributed by atoms with van der Waals surface area (Å²) in [5, 5.41) is 11.6. The number of hydrogen-bond donors (Lipinski definition) is 4. The van der Waals surface area contributed by atoms with Crippen LogP contribution in [0.5, 0.6) is 0 Å². The zero-order valence-electron chi connectivity index (χ0n) is 11.0. The molecule has 0 fully saturated rings. The molecule has 0 aliphatic carbocycles. The largest absolute Gasteiger partial charge is 0.477 e. The molecule has 0 saturated carbocycles. The Bertz CT molecular complexity index is 848. The topological polar surface area (TPSA) is 124 Å². The Morgan fingerprint density at radius 2 is 2.14 bits per heavy atom. The van der Waals surface area contributed by atoms with Crippen molar-refractivity contribution in [2.75, 3.05) is 5.32 Å². The number of nitrogens with zero attached hydrogens (tertiary/aromatic N) is 2. The van der Waals surface area contributed by atoms with Gasteiger partial charge in [-0.2, -0.15) is 0 Å². The van der Waals surface area contributed by atoms with E-state index in [0.717, 1.165) is 16.9 Å². The monoisotopic (exact) mass is 285 g/mol. The van der Waals surface area contributed by atoms with Crippen LogP contribution in [0.3, 0.4) is 0 Å². The summed E-state index contributed by atoms with van der Waals surface area (Å²) in [7, 11) is 0. The number of carboxylic acid groups (broad SMARTS) is 1. The normalized spacial score (nSPS) is 10.7. The van der Waals surface area contributed by atoms with E-state index in [0.29, 0.717) is 5.69 Å². The van der Waals surface area contributed by atoms with Crippen LogP contribution in [0.2, 0.25) is 0 Å². The maximum atomic E-state index is 12.1. The molecule has 2 aromatic heterocycles. The van der Waals surface area contributed by atoms with E-state index in [4.69, 9.17) is 5.11 Å². The number of aromatic amines is 2. The van der Waals surface area contributed by atoms with Gasteiger partial charge in [-0.25, -0.2) is 14.8 Å². The Labute approximate surface area is 118 Å². The van der Waals surface area contributed by atoms with Gasteiger partial charge in [0, 0.05) is 5.69 Å². The van der Waals surface area contributed by atoms with E-state index in [1.165, 1.54) is 6.33 Å². The fourth-order valence-electron chi connectivity index (χ4n) is 2.03. The highest BCUT2D eigenvalue weighted by molar-refractivity contribution is 6.09. The quantitative estimate of drug-likeness (QED) is 0.581. The lowest BCUT2D eigenvalue weighted by Crippen LogP contribution is -2.16. The molecule has 8 heteroatoms. The number of hydrogen-bond acceptors (Lipinski definition) is 4. The Morgan fingerprint density at radius 3 is 2.90 bits per heavy atom. The van der Waals surface area contributed by atoms with Crippen molar-refractivity contribution in [3.63, 3.8) is 0 Å². The molecule has 3 rings (SSSR count). The first kappa shape index (κ1) is 12.9. The van der Waals surface area contributed by atoms with Gasteiger partial charge in [0.1, 0.15) is 5.82 Å². The Hall–Kier alpha value is -3.16. The molecule has 106 valence electrons. The summed E-state index contributed by atoms with van der Waals surface area (Å²) in [4.78, 5) is 36.5. The first-order chi connectivity index (χ1) is 10.0. The minimum Gasteiger partial charge on any atom is -0.477 e. The SMILES string of the molecule is Cc1nc2ccc(NC(=O)c3nc[nH]c3C(=O)O)cc2[nH]1. The molecule has 0 atom stereocenters. The van der Waals surface area contributed by atoms with Crippen molar-refractivity contribution in [3.8, 4) is 0 Å². The summed E-state index contributed by atoms with van der Waals surface area (Å²) in [6.45, 7) is 1.83. The minimum atomic E-state index is -1.24. The van der Waals surface area contributed by atoms with Crippen molar-refractivity contribution >= 4 is 28.6 Å². The van der Waals surface area contributed by atoms with Crippen molar-refractivity contribution < 1.29 is 14.7 Å². The van der Waals surface area contributed by atoms with Crippen LogP contribution in [0.25, 0.3) is 11.0 Å². The van der Waals surface area contributed by atoms with Crippen molar-refractivity contribution in [3.05, 3.63) is 41.7 Å². The molecule has 0 saturated heterocycles. The number of carbonyl (C=O) groups excluding carboxylic acids is 1. The third kappa shape index (κ3) is 2.34. The van der Waals surface area contributed by atoms with Crippen LogP contribution in [0.15, 0.2) is 24.5 Å². The molecule has 3 aromatic rings. The molecular weight excluding hydrogens is 274 g/mol. The Balaban J connectivity index is 1.88. The number of anilines is 1. The summed E-state index contributed by atoms with van der Waals surface area (Å²) in [5.41, 5.74) is 1.69. The number of carbonyl (C=O) groups is 2. The van der Waals surface area contributed by atoms with Gasteiger partial charge in [-0.3, -0.25) is 4.79 Å². The smallest absolute Gasteiger partial charge is 0.354 e. The van der Waals surface area contributed by atoms with Crippen molar-refractivity contribution in [1.29, 1.82) is 0 Å². The summed E-state index contributed by atoms with van der Waals surface area (Å²) < 4.78 is 0. The second-order valence-corrected chi connectivity index (χ2v) is 4.44. The molecule has 0 bridgehead atoms. The molecule has 0 spiro atoms. The number of amides is 1. The van der Waals surface area contributed by atoms with Gasteiger partial charge < -0.3 is 20.4 Å². The van der Waals surface area contributed by atoms with Gasteiger partial charge in [-0.1, -0.05) is 0 Å². The van der Waals surface area contributed by atoms with Gasteiger partial charge in [-0.15, -0.1) is 0 Å². The van der Waals surface area contributed by atoms with Crippen LogP contribution < -0.4 is 5.32 Å². The maximum absolute atomic E-state index is 12.1. The van der Waals surface area contributed by atoms with E-state index < -0.39 is 11.9 Å². The molecule has 1 aromatic carbocycles. The number of fused-ring (bicyclic) bond motifs is 1. The van der Waals surface area contributed by atoms with E-state index in [-0.39, 0.29) is 11.4 Å². The van der Waals surface area contributed by atoms with Gasteiger partial charge in [0.05, 0.1) is 17.4 Å². The second-order valence-electron chi connectivity index (χ2n) is 4.44. The van der Waals surface area contributed by atoms with E-state index in [1.54, 1.807) is 18.2 Å². The van der Waals surface area contributed by atoms with Gasteiger partial charge in [0.25, 0.3) is 5.91 Å². The number of aromatic nitrogens is 4. The van der Waals surface area contributed by atoms with E-state index >= 15 is 0 Å². The highest BCUT2D eigenvalue weighted by Crippen LogP contribution is 2.18. The zero-order valence-corrected chi connectivity index (χ0v) is 11.0. The molecule has 0 aliphatic heterocycles. The van der Waals surface area contributed by atoms with Crippen LogP contribution in [-0.2, 0) is 0 Å². The van der Waals surface area contributed by atoms with Crippen LogP contribution >= 0.6 is 0 Å². The number of rotatable bonds is 3. The zero-order chi connectivity index (χ0) is 15.0. The molecule has 1 amide bonds. The van der Waals surface area contributed by atoms with Crippen LogP contribution in [0.4, 0.5) is 5.69 Å². The molecule has 2 heterocycles. The van der Waals surface area contributed by atoms with Crippen molar-refractivity contribution in [2.24, 2.45) is 0 Å². The molecule has 21 heavy (non-hydrogen) atoms. The van der Waals surface area contributed by atoms with Crippen LogP contribution in [-0.4, -0.2) is 36.9 Å². The second kappa shape index (κ2) is 4.75. The number of imidazole rings is 2. The number of aromatic carboxylic acids is 1. The molecule has 4 N–H and O–H groups in total. The number of nitrogens with one attached hydrogen (secondary N) is 3. The van der Waals surface area contributed by atoms with E-state index in [2.05, 4.69) is 25.3 Å². The minimum absolute atomic E-state index is 0.164. The Kier molecular flexibility index (Phi) is 2.90. The van der Waals surface area contributed by atoms with E-state index in [1.807, 2.05) is 6.92 Å². The van der Waals surface area contributed by atoms with Gasteiger partial charge in [0.2, 0.25) is 0 Å². The number of benzene rings is 1. The van der Waals surface area contributed by atoms with Crippen LogP contribution in [0, 0.1) is 6.92 Å². The van der Waals surface area contributed by atoms with Gasteiger partial charge in [0.15, 0.2) is 11.4 Å². The summed E-state index contributed by atoms with van der Waals surface area (Å²) in [5.74, 6) is -1.06. The lowest BCUT2D eigenvalue weighted by Gasteiger charge is -2.03. The van der Waals surface area contributed by atoms with Crippen molar-refractivity contribution in [1.82, 2.24) is 19.9 Å². The molecule has 8 nitrogen and oxygen atoms in total. The molecule has 0 unspecified atom stereocenters. The fourth-order valence-corrected chi connectivity index (χ4v) is 2.03. The summed E-state index contributed by atoms with van der Waals surface area (Å²) in [6.07, 6.45) is 1.17. The molecular formula is C13H11N5O3. The lowest BCUT2D eigenvalue weighted by molar-refractivity contribution is 0.0686. The maximum Gasteiger partial charge on any atom is 0.354 e. The highest BCUT2D eigenvalue weighted by atomic mass is 16.4. The summed E-state index contributed by atoms with van der Waals surface area (Å²) >= 11 is 0. The average molecular weight is 285 g/mol. The number of carboxylic acids is 1. The van der Waals surface area contributed by atoms with Crippen LogP contribution in [0.1, 0.15) is 26.8 Å². The van der Waals surface area contributed by atoms with E-state index in [9.17, 15) is 9.59 Å². The number of H-pyrrole nitrogens is 2. The molecule has 0 aliphatic rings. The Morgan fingerprint density at radius 1 is 1.33 bits per heavy atom. The van der Waals surface area contributed by atoms with Gasteiger partial charge in [-0.05, 0) is 25.1 Å². The fraction of sp³-hybridized carbons (Fsp3) is 0.0769. The average Bonchev–Trinajstić information content (AvgIpc) is 3.03. The third-order valence-corrected chi connectivity index (χ3v) is 2.93. The van der Waals surface area contributed by atoms with Gasteiger partial charge >= 0.3 is 5.97 Å². The first-order valence-corrected chi connectivity index (χ1v) is 6.09. The number of aryl methyl sites for hydroxylation is 1. The first-order valence-electron chi connectivity index (χ1n) is 6.09. The predicted molar refractivity (Wildman–Crippen MR) is 74.3 cm³/mol. The van der Waals surface area contributed by atoms with Crippen molar-refractivity contribution in [2.45, 2.75) is 6.92 Å². The predicted octanol–water partition coefficient (Wildman–Crippen LogP) is 1.54. The standard InChI is InChI=1S/C13H11N5O3/c1-6-16-8-3-2-7(4-9(8)17-6)18-12(19)10-11(13(20)21)15-5-14-10/h2-5H,1H3,(H,14,15)(H,16,17)(H,18,19)(H,20,21). The summed E-state index contributed by atoms with van der Waals surface area (Å²) in [6, 6.07) is 5.17.